The number of benzene rings is 3. The molecule has 0 radical (unpaired) electrons. The fourth-order valence-electron chi connectivity index (χ4n) is 4.53. The van der Waals surface area contributed by atoms with E-state index < -0.39 is 29.6 Å². The van der Waals surface area contributed by atoms with E-state index in [2.05, 4.69) is 17.1 Å². The average molecular weight is 555 g/mol. The number of carbonyl (C=O) groups is 2. The molecular formula is C31H36F2N2O3S. The predicted molar refractivity (Wildman–Crippen MR) is 154 cm³/mol. The second-order valence-electron chi connectivity index (χ2n) is 9.68. The third kappa shape index (κ3) is 8.90. The number of carboxylic acids is 1. The molecule has 0 saturated carbocycles. The van der Waals surface area contributed by atoms with Crippen LogP contribution in [0.5, 0.6) is 0 Å². The first kappa shape index (κ1) is 30.3. The summed E-state index contributed by atoms with van der Waals surface area (Å²) in [6.45, 7) is 5.70. The Morgan fingerprint density at radius 3 is 2.31 bits per heavy atom. The van der Waals surface area contributed by atoms with Crippen molar-refractivity contribution in [3.63, 3.8) is 0 Å². The maximum Gasteiger partial charge on any atom is 0.326 e. The molecule has 0 aliphatic rings. The zero-order valence-corrected chi connectivity index (χ0v) is 23.5. The van der Waals surface area contributed by atoms with E-state index in [1.165, 1.54) is 23.9 Å². The minimum atomic E-state index is -1.06. The lowest BCUT2D eigenvalue weighted by Crippen LogP contribution is -2.41. The number of nitrogens with zero attached hydrogens (tertiary/aromatic N) is 1. The lowest BCUT2D eigenvalue weighted by atomic mass is 9.93. The number of hydrogen-bond acceptors (Lipinski definition) is 4. The summed E-state index contributed by atoms with van der Waals surface area (Å²) in [5.74, 6) is -2.09. The second kappa shape index (κ2) is 14.8. The van der Waals surface area contributed by atoms with Crippen LogP contribution in [-0.2, 0) is 17.9 Å². The van der Waals surface area contributed by atoms with E-state index in [1.54, 1.807) is 6.07 Å². The van der Waals surface area contributed by atoms with Gasteiger partial charge in [-0.05, 0) is 90.4 Å². The van der Waals surface area contributed by atoms with Gasteiger partial charge in [-0.25, -0.2) is 13.6 Å². The molecule has 0 bridgehead atoms. The van der Waals surface area contributed by atoms with Crippen molar-refractivity contribution >= 4 is 23.6 Å². The predicted octanol–water partition coefficient (Wildman–Crippen LogP) is 6.68. The molecule has 8 heteroatoms. The Hall–Kier alpha value is -3.23. The van der Waals surface area contributed by atoms with Crippen LogP contribution in [0.2, 0.25) is 0 Å². The SMILES string of the molecule is CCCCN(Cc1cc(F)cc(F)c1)Cc1ccc(C(=O)N[C@@H](CCSC)C(=O)O)c(-c2ccccc2C)c1. The molecule has 3 aromatic rings. The van der Waals surface area contributed by atoms with Gasteiger partial charge >= 0.3 is 5.97 Å². The molecule has 0 fully saturated rings. The van der Waals surface area contributed by atoms with Gasteiger partial charge in [-0.2, -0.15) is 11.8 Å². The second-order valence-corrected chi connectivity index (χ2v) is 10.7. The third-order valence-electron chi connectivity index (χ3n) is 6.54. The molecule has 0 aromatic heterocycles. The molecule has 3 aromatic carbocycles. The fourth-order valence-corrected chi connectivity index (χ4v) is 5.00. The number of nitrogens with one attached hydrogen (secondary N) is 1. The first-order chi connectivity index (χ1) is 18.7. The first-order valence-corrected chi connectivity index (χ1v) is 14.5. The lowest BCUT2D eigenvalue weighted by Gasteiger charge is -2.24. The van der Waals surface area contributed by atoms with E-state index in [0.29, 0.717) is 42.0 Å². The molecule has 208 valence electrons. The average Bonchev–Trinajstić information content (AvgIpc) is 2.89. The Balaban J connectivity index is 1.95. The van der Waals surface area contributed by atoms with Crippen LogP contribution in [0.25, 0.3) is 11.1 Å². The van der Waals surface area contributed by atoms with Crippen molar-refractivity contribution in [1.82, 2.24) is 10.2 Å². The quantitative estimate of drug-likeness (QED) is 0.233. The van der Waals surface area contributed by atoms with Crippen molar-refractivity contribution in [2.45, 2.75) is 52.2 Å². The molecule has 3 rings (SSSR count). The maximum absolute atomic E-state index is 13.8. The Morgan fingerprint density at radius 2 is 1.67 bits per heavy atom. The lowest BCUT2D eigenvalue weighted by molar-refractivity contribution is -0.139. The van der Waals surface area contributed by atoms with Gasteiger partial charge in [0.2, 0.25) is 0 Å². The molecule has 0 saturated heterocycles. The number of aryl methyl sites for hydroxylation is 1. The third-order valence-corrected chi connectivity index (χ3v) is 7.18. The topological polar surface area (TPSA) is 69.6 Å². The van der Waals surface area contributed by atoms with Crippen molar-refractivity contribution in [3.05, 3.63) is 94.6 Å². The normalized spacial score (nSPS) is 11.9. The molecule has 1 amide bonds. The van der Waals surface area contributed by atoms with Crippen LogP contribution in [0.1, 0.15) is 53.2 Å². The minimum Gasteiger partial charge on any atom is -0.480 e. The van der Waals surface area contributed by atoms with Crippen LogP contribution in [-0.4, -0.2) is 46.5 Å². The molecule has 5 nitrogen and oxygen atoms in total. The zero-order valence-electron chi connectivity index (χ0n) is 22.7. The first-order valence-electron chi connectivity index (χ1n) is 13.1. The van der Waals surface area contributed by atoms with Gasteiger partial charge in [0.15, 0.2) is 0 Å². The zero-order chi connectivity index (χ0) is 28.4. The maximum atomic E-state index is 13.8. The number of aliphatic carboxylic acids is 1. The number of halogens is 2. The number of thioether (sulfide) groups is 1. The van der Waals surface area contributed by atoms with Gasteiger partial charge < -0.3 is 10.4 Å². The molecule has 1 atom stereocenters. The summed E-state index contributed by atoms with van der Waals surface area (Å²) in [5.41, 5.74) is 4.48. The standard InChI is InChI=1S/C31H36F2N2O3S/c1-4-5-13-35(20-23-15-24(32)18-25(33)16-23)19-22-10-11-27(28(17-22)26-9-7-6-8-21(26)2)30(36)34-29(31(37)38)12-14-39-3/h6-11,15-18,29H,4-5,12-14,19-20H2,1-3H3,(H,34,36)(H,37,38)/t29-/m0/s1. The number of rotatable bonds is 14. The molecule has 39 heavy (non-hydrogen) atoms. The van der Waals surface area contributed by atoms with Crippen LogP contribution in [0.15, 0.2) is 60.7 Å². The number of unbranched alkanes of at least 4 members (excludes halogenated alkanes) is 1. The summed E-state index contributed by atoms with van der Waals surface area (Å²) < 4.78 is 27.7. The van der Waals surface area contributed by atoms with Crippen molar-refractivity contribution in [3.8, 4) is 11.1 Å². The van der Waals surface area contributed by atoms with Gasteiger partial charge in [-0.15, -0.1) is 0 Å². The molecule has 0 spiro atoms. The van der Waals surface area contributed by atoms with Gasteiger partial charge in [0, 0.05) is 24.7 Å². The van der Waals surface area contributed by atoms with E-state index in [4.69, 9.17) is 0 Å². The van der Waals surface area contributed by atoms with E-state index in [1.807, 2.05) is 49.6 Å². The molecular weight excluding hydrogens is 518 g/mol. The van der Waals surface area contributed by atoms with Crippen molar-refractivity contribution in [2.24, 2.45) is 0 Å². The highest BCUT2D eigenvalue weighted by molar-refractivity contribution is 7.98. The number of amides is 1. The van der Waals surface area contributed by atoms with E-state index >= 15 is 0 Å². The van der Waals surface area contributed by atoms with Crippen LogP contribution < -0.4 is 5.32 Å². The Bertz CT molecular complexity index is 1260. The monoisotopic (exact) mass is 554 g/mol. The number of carboxylic acid groups (broad SMARTS) is 1. The highest BCUT2D eigenvalue weighted by Gasteiger charge is 2.23. The van der Waals surface area contributed by atoms with Gasteiger partial charge in [0.05, 0.1) is 0 Å². The Morgan fingerprint density at radius 1 is 0.974 bits per heavy atom. The van der Waals surface area contributed by atoms with E-state index in [9.17, 15) is 23.5 Å². The Labute approximate surface area is 233 Å². The van der Waals surface area contributed by atoms with Gasteiger partial charge in [-0.1, -0.05) is 43.7 Å². The van der Waals surface area contributed by atoms with Gasteiger partial charge in [0.1, 0.15) is 17.7 Å². The molecule has 0 aliphatic heterocycles. The number of carbonyl (C=O) groups excluding carboxylic acids is 1. The van der Waals surface area contributed by atoms with Crippen LogP contribution in [0.3, 0.4) is 0 Å². The largest absolute Gasteiger partial charge is 0.480 e. The highest BCUT2D eigenvalue weighted by atomic mass is 32.2. The van der Waals surface area contributed by atoms with Gasteiger partial charge in [-0.3, -0.25) is 9.69 Å². The summed E-state index contributed by atoms with van der Waals surface area (Å²) in [4.78, 5) is 27.2. The smallest absolute Gasteiger partial charge is 0.326 e. The fraction of sp³-hybridized carbons (Fsp3) is 0.355. The van der Waals surface area contributed by atoms with E-state index in [-0.39, 0.29) is 0 Å². The summed E-state index contributed by atoms with van der Waals surface area (Å²) in [6, 6.07) is 15.9. The van der Waals surface area contributed by atoms with Crippen molar-refractivity contribution in [1.29, 1.82) is 0 Å². The van der Waals surface area contributed by atoms with Crippen LogP contribution >= 0.6 is 11.8 Å². The minimum absolute atomic E-state index is 0.326. The number of hydrogen-bond donors (Lipinski definition) is 2. The summed E-state index contributed by atoms with van der Waals surface area (Å²) >= 11 is 1.53. The summed E-state index contributed by atoms with van der Waals surface area (Å²) in [7, 11) is 0. The van der Waals surface area contributed by atoms with Gasteiger partial charge in [0.25, 0.3) is 5.91 Å². The van der Waals surface area contributed by atoms with E-state index in [0.717, 1.165) is 42.1 Å². The summed E-state index contributed by atoms with van der Waals surface area (Å²) in [6.07, 6.45) is 4.12. The molecule has 0 heterocycles. The van der Waals surface area contributed by atoms with Crippen molar-refractivity contribution < 1.29 is 23.5 Å². The van der Waals surface area contributed by atoms with Crippen LogP contribution in [0.4, 0.5) is 8.78 Å². The molecule has 0 unspecified atom stereocenters. The molecule has 0 aliphatic carbocycles. The Kier molecular flexibility index (Phi) is 11.5. The van der Waals surface area contributed by atoms with Crippen LogP contribution in [0, 0.1) is 18.6 Å². The molecule has 2 N–H and O–H groups in total. The summed E-state index contributed by atoms with van der Waals surface area (Å²) in [5, 5.41) is 12.3. The highest BCUT2D eigenvalue weighted by Crippen LogP contribution is 2.29. The van der Waals surface area contributed by atoms with Crippen molar-refractivity contribution in [2.75, 3.05) is 18.6 Å².